The van der Waals surface area contributed by atoms with Crippen LogP contribution in [0.3, 0.4) is 0 Å². The second-order valence-corrected chi connectivity index (χ2v) is 9.95. The molecule has 1 rings (SSSR count). The smallest absolute Gasteiger partial charge is 0.408 e. The lowest BCUT2D eigenvalue weighted by Gasteiger charge is -2.34. The van der Waals surface area contributed by atoms with Gasteiger partial charge in [-0.3, -0.25) is 14.4 Å². The molecule has 0 bridgehead atoms. The predicted octanol–water partition coefficient (Wildman–Crippen LogP) is 3.07. The molecule has 0 aliphatic rings. The fraction of sp³-hybridized carbons (Fsp3) is 0.586. The zero-order valence-electron chi connectivity index (χ0n) is 23.7. The van der Waals surface area contributed by atoms with Crippen molar-refractivity contribution in [2.45, 2.75) is 84.4 Å². The number of carbonyl (C=O) groups excluding carboxylic acids is 4. The molecule has 0 saturated carbocycles. The van der Waals surface area contributed by atoms with Gasteiger partial charge in [-0.1, -0.05) is 50.3 Å². The number of unbranched alkanes of at least 4 members (excludes halogenated alkanes) is 3. The Bertz CT molecular complexity index is 997. The highest BCUT2D eigenvalue weighted by Crippen LogP contribution is 2.26. The topological polar surface area (TPSA) is 134 Å². The monoisotopic (exact) mass is 545 g/mol. The van der Waals surface area contributed by atoms with Crippen LogP contribution in [0.15, 0.2) is 24.3 Å². The zero-order chi connectivity index (χ0) is 29.4. The van der Waals surface area contributed by atoms with E-state index in [1.54, 1.807) is 52.0 Å². The summed E-state index contributed by atoms with van der Waals surface area (Å²) < 4.78 is 10.2. The third-order valence-electron chi connectivity index (χ3n) is 5.61. The van der Waals surface area contributed by atoms with E-state index in [-0.39, 0.29) is 26.1 Å². The first-order chi connectivity index (χ1) is 18.5. The van der Waals surface area contributed by atoms with E-state index in [0.29, 0.717) is 17.5 Å². The number of nitrogens with zero attached hydrogens (tertiary/aromatic N) is 1. The zero-order valence-corrected chi connectivity index (χ0v) is 23.7. The van der Waals surface area contributed by atoms with Gasteiger partial charge in [0.05, 0.1) is 19.6 Å². The van der Waals surface area contributed by atoms with Gasteiger partial charge < -0.3 is 30.1 Å². The van der Waals surface area contributed by atoms with Gasteiger partial charge in [0.1, 0.15) is 17.7 Å². The molecule has 39 heavy (non-hydrogen) atoms. The molecule has 0 fully saturated rings. The van der Waals surface area contributed by atoms with Crippen molar-refractivity contribution >= 4 is 23.9 Å². The maximum atomic E-state index is 13.8. The van der Waals surface area contributed by atoms with Crippen LogP contribution in [-0.2, 0) is 23.9 Å². The first kappa shape index (κ1) is 33.4. The lowest BCUT2D eigenvalue weighted by Crippen LogP contribution is -2.54. The number of hydrogen-bond acceptors (Lipinski definition) is 7. The van der Waals surface area contributed by atoms with Crippen molar-refractivity contribution in [1.29, 1.82) is 0 Å². The highest BCUT2D eigenvalue weighted by atomic mass is 16.6. The molecule has 0 aliphatic heterocycles. The number of benzene rings is 1. The van der Waals surface area contributed by atoms with Crippen molar-refractivity contribution in [1.82, 2.24) is 15.5 Å². The van der Waals surface area contributed by atoms with Crippen LogP contribution in [0.1, 0.15) is 83.9 Å². The van der Waals surface area contributed by atoms with Gasteiger partial charge >= 0.3 is 12.1 Å². The third kappa shape index (κ3) is 11.8. The summed E-state index contributed by atoms with van der Waals surface area (Å²) in [7, 11) is 0. The molecule has 0 heterocycles. The van der Waals surface area contributed by atoms with Crippen LogP contribution in [0.5, 0.6) is 0 Å². The molecule has 2 atom stereocenters. The van der Waals surface area contributed by atoms with Crippen molar-refractivity contribution in [3.63, 3.8) is 0 Å². The number of aliphatic hydroxyl groups is 1. The number of amides is 3. The predicted molar refractivity (Wildman–Crippen MR) is 147 cm³/mol. The summed E-state index contributed by atoms with van der Waals surface area (Å²) in [5, 5.41) is 15.2. The molecule has 216 valence electrons. The number of alkyl carbamates (subject to hydrolysis) is 1. The van der Waals surface area contributed by atoms with Crippen molar-refractivity contribution in [3.05, 3.63) is 35.4 Å². The molecule has 1 aromatic carbocycles. The number of nitrogens with one attached hydrogen (secondary N) is 2. The molecule has 1 aromatic rings. The van der Waals surface area contributed by atoms with Gasteiger partial charge in [-0.05, 0) is 45.7 Å². The number of ether oxygens (including phenoxy) is 2. The van der Waals surface area contributed by atoms with Gasteiger partial charge in [0.2, 0.25) is 11.8 Å². The lowest BCUT2D eigenvalue weighted by molar-refractivity contribution is -0.144. The van der Waals surface area contributed by atoms with Crippen molar-refractivity contribution < 1.29 is 33.8 Å². The Morgan fingerprint density at radius 1 is 1.10 bits per heavy atom. The van der Waals surface area contributed by atoms with Gasteiger partial charge in [-0.25, -0.2) is 4.79 Å². The van der Waals surface area contributed by atoms with E-state index in [1.165, 1.54) is 4.90 Å². The van der Waals surface area contributed by atoms with E-state index >= 15 is 0 Å². The van der Waals surface area contributed by atoms with Crippen molar-refractivity contribution in [2.75, 3.05) is 26.3 Å². The van der Waals surface area contributed by atoms with Crippen molar-refractivity contribution in [3.8, 4) is 12.3 Å². The molecule has 0 saturated heterocycles. The molecule has 0 radical (unpaired) electrons. The number of hydrogen-bond donors (Lipinski definition) is 3. The Hall–Kier alpha value is -3.58. The second kappa shape index (κ2) is 17.1. The summed E-state index contributed by atoms with van der Waals surface area (Å²) in [5.41, 5.74) is 0.00143. The number of terminal acetylenes is 1. The van der Waals surface area contributed by atoms with Crippen LogP contribution in [0, 0.1) is 12.3 Å². The largest absolute Gasteiger partial charge is 0.466 e. The van der Waals surface area contributed by atoms with Gasteiger partial charge in [-0.2, -0.15) is 0 Å². The maximum Gasteiger partial charge on any atom is 0.408 e. The van der Waals surface area contributed by atoms with Crippen LogP contribution < -0.4 is 10.6 Å². The molecule has 3 N–H and O–H groups in total. The molecular formula is C29H43N3O7. The quantitative estimate of drug-likeness (QED) is 0.175. The van der Waals surface area contributed by atoms with Gasteiger partial charge in [-0.15, -0.1) is 6.42 Å². The summed E-state index contributed by atoms with van der Waals surface area (Å²) in [6, 6.07) is 4.21. The molecule has 3 amide bonds. The number of carbonyl (C=O) groups is 4. The SMILES string of the molecule is C#Cc1ccccc1C(C(=O)NCCC(=O)OCC)N(CCCCCC)C(=O)C(CO)NC(=O)OC(C)(C)C. The highest BCUT2D eigenvalue weighted by Gasteiger charge is 2.36. The van der Waals surface area contributed by atoms with Crippen LogP contribution in [0.25, 0.3) is 0 Å². The molecular weight excluding hydrogens is 502 g/mol. The molecule has 2 unspecified atom stereocenters. The normalized spacial score (nSPS) is 12.4. The third-order valence-corrected chi connectivity index (χ3v) is 5.61. The minimum Gasteiger partial charge on any atom is -0.466 e. The number of aliphatic hydroxyl groups excluding tert-OH is 1. The van der Waals surface area contributed by atoms with E-state index in [4.69, 9.17) is 15.9 Å². The van der Waals surface area contributed by atoms with E-state index in [9.17, 15) is 24.3 Å². The Morgan fingerprint density at radius 2 is 1.79 bits per heavy atom. The fourth-order valence-electron chi connectivity index (χ4n) is 3.85. The standard InChI is InChI=1S/C29H43N3O7/c1-7-10-11-14-19-32(27(36)23(20-33)31-28(37)39-29(4,5)6)25(22-16-13-12-15-21(22)8-2)26(35)30-18-17-24(34)38-9-3/h2,12-13,15-16,23,25,33H,7,9-11,14,17-20H2,1,3-6H3,(H,30,35)(H,31,37). The Kier molecular flexibility index (Phi) is 14.7. The molecule has 10 nitrogen and oxygen atoms in total. The highest BCUT2D eigenvalue weighted by molar-refractivity contribution is 5.92. The fourth-order valence-corrected chi connectivity index (χ4v) is 3.85. The van der Waals surface area contributed by atoms with E-state index in [0.717, 1.165) is 19.3 Å². The van der Waals surface area contributed by atoms with E-state index < -0.39 is 48.2 Å². The number of esters is 1. The Labute approximate surface area is 231 Å². The minimum absolute atomic E-state index is 0.0101. The summed E-state index contributed by atoms with van der Waals surface area (Å²) in [6.45, 7) is 8.44. The lowest BCUT2D eigenvalue weighted by atomic mass is 9.97. The molecule has 10 heteroatoms. The number of rotatable bonds is 15. The average Bonchev–Trinajstić information content (AvgIpc) is 2.87. The van der Waals surface area contributed by atoms with Gasteiger partial charge in [0.15, 0.2) is 0 Å². The summed E-state index contributed by atoms with van der Waals surface area (Å²) >= 11 is 0. The van der Waals surface area contributed by atoms with Gasteiger partial charge in [0, 0.05) is 18.7 Å². The average molecular weight is 546 g/mol. The Morgan fingerprint density at radius 3 is 2.38 bits per heavy atom. The first-order valence-electron chi connectivity index (χ1n) is 13.4. The summed E-state index contributed by atoms with van der Waals surface area (Å²) in [5.74, 6) is 0.872. The Balaban J connectivity index is 3.42. The van der Waals surface area contributed by atoms with E-state index in [2.05, 4.69) is 23.5 Å². The van der Waals surface area contributed by atoms with Crippen LogP contribution in [-0.4, -0.2) is 71.8 Å². The molecule has 0 aromatic heterocycles. The molecule has 0 aliphatic carbocycles. The molecule has 0 spiro atoms. The van der Waals surface area contributed by atoms with Gasteiger partial charge in [0.25, 0.3) is 0 Å². The van der Waals surface area contributed by atoms with Crippen LogP contribution >= 0.6 is 0 Å². The summed E-state index contributed by atoms with van der Waals surface area (Å²) in [6.07, 6.45) is 8.08. The first-order valence-corrected chi connectivity index (χ1v) is 13.4. The van der Waals surface area contributed by atoms with Crippen molar-refractivity contribution in [2.24, 2.45) is 0 Å². The second-order valence-electron chi connectivity index (χ2n) is 9.95. The van der Waals surface area contributed by atoms with E-state index in [1.807, 2.05) is 0 Å². The van der Waals surface area contributed by atoms with Crippen LogP contribution in [0.2, 0.25) is 0 Å². The summed E-state index contributed by atoms with van der Waals surface area (Å²) in [4.78, 5) is 53.0. The van der Waals surface area contributed by atoms with Crippen LogP contribution in [0.4, 0.5) is 4.79 Å². The maximum absolute atomic E-state index is 13.8. The minimum atomic E-state index is -1.36.